The summed E-state index contributed by atoms with van der Waals surface area (Å²) in [6.45, 7) is 0. The largest absolute Gasteiger partial charge is 0.207 e. The summed E-state index contributed by atoms with van der Waals surface area (Å²) < 4.78 is 13.1. The van der Waals surface area contributed by atoms with Crippen LogP contribution < -0.4 is 0 Å². The van der Waals surface area contributed by atoms with Gasteiger partial charge in [-0.15, -0.1) is 0 Å². The van der Waals surface area contributed by atoms with Crippen LogP contribution in [-0.2, 0) is 0 Å². The Labute approximate surface area is 164 Å². The van der Waals surface area contributed by atoms with Crippen LogP contribution in [0.2, 0.25) is 0 Å². The molecule has 0 saturated heterocycles. The van der Waals surface area contributed by atoms with Gasteiger partial charge in [0, 0.05) is 6.08 Å². The molecule has 0 heterocycles. The van der Waals surface area contributed by atoms with E-state index < -0.39 is 0 Å². The van der Waals surface area contributed by atoms with Crippen LogP contribution in [0.4, 0.5) is 4.39 Å². The third-order valence-corrected chi connectivity index (χ3v) is 7.00. The first kappa shape index (κ1) is 20.1. The van der Waals surface area contributed by atoms with Crippen LogP contribution in [0.3, 0.4) is 0 Å². The van der Waals surface area contributed by atoms with Crippen LogP contribution in [0.15, 0.2) is 36.4 Å². The fourth-order valence-corrected chi connectivity index (χ4v) is 5.23. The highest BCUT2D eigenvalue weighted by atomic mass is 19.1. The van der Waals surface area contributed by atoms with Crippen molar-refractivity contribution in [2.24, 2.45) is 17.8 Å². The minimum Gasteiger partial charge on any atom is -0.207 e. The van der Waals surface area contributed by atoms with Crippen molar-refractivity contribution in [2.75, 3.05) is 0 Å². The van der Waals surface area contributed by atoms with Crippen molar-refractivity contribution in [1.29, 1.82) is 5.26 Å². The number of unbranched alkanes of at least 4 members (excludes halogenated alkanes) is 1. The highest BCUT2D eigenvalue weighted by molar-refractivity contribution is 5.20. The maximum Gasteiger partial charge on any atom is 0.123 e. The SMILES string of the molecule is N#C/C=C/C1CCC(CCCCC2CCC(c3ccc(F)cc3)CC2)CC1. The van der Waals surface area contributed by atoms with Crippen molar-refractivity contribution in [3.8, 4) is 6.07 Å². The molecule has 1 nitrogen and oxygen atoms in total. The average molecular weight is 368 g/mol. The quantitative estimate of drug-likeness (QED) is 0.360. The molecule has 2 saturated carbocycles. The Bertz CT molecular complexity index is 611. The first-order valence-electron chi connectivity index (χ1n) is 11.1. The molecular formula is C25H34FN. The second kappa shape index (κ2) is 10.6. The van der Waals surface area contributed by atoms with E-state index in [0.29, 0.717) is 11.8 Å². The number of nitriles is 1. The van der Waals surface area contributed by atoms with Gasteiger partial charge in [-0.3, -0.25) is 0 Å². The molecular weight excluding hydrogens is 333 g/mol. The van der Waals surface area contributed by atoms with Gasteiger partial charge in [0.05, 0.1) is 6.07 Å². The molecule has 2 aliphatic rings. The molecule has 1 aromatic carbocycles. The van der Waals surface area contributed by atoms with Crippen molar-refractivity contribution in [1.82, 2.24) is 0 Å². The van der Waals surface area contributed by atoms with E-state index in [0.717, 1.165) is 11.8 Å². The molecule has 0 spiro atoms. The molecule has 2 heteroatoms. The Morgan fingerprint density at radius 1 is 0.852 bits per heavy atom. The number of allylic oxidation sites excluding steroid dienone is 2. The number of hydrogen-bond acceptors (Lipinski definition) is 1. The van der Waals surface area contributed by atoms with E-state index in [1.165, 1.54) is 82.6 Å². The number of nitrogens with zero attached hydrogens (tertiary/aromatic N) is 1. The Balaban J connectivity index is 1.26. The third kappa shape index (κ3) is 6.49. The van der Waals surface area contributed by atoms with Gasteiger partial charge in [-0.25, -0.2) is 4.39 Å². The van der Waals surface area contributed by atoms with Crippen molar-refractivity contribution < 1.29 is 4.39 Å². The normalized spacial score (nSPS) is 28.9. The van der Waals surface area contributed by atoms with E-state index in [1.807, 2.05) is 12.1 Å². The van der Waals surface area contributed by atoms with E-state index in [-0.39, 0.29) is 5.82 Å². The molecule has 27 heavy (non-hydrogen) atoms. The molecule has 146 valence electrons. The van der Waals surface area contributed by atoms with Crippen LogP contribution in [0.25, 0.3) is 0 Å². The predicted molar refractivity (Wildman–Crippen MR) is 110 cm³/mol. The minimum atomic E-state index is -0.125. The highest BCUT2D eigenvalue weighted by Gasteiger charge is 2.23. The van der Waals surface area contributed by atoms with Crippen molar-refractivity contribution in [3.05, 3.63) is 47.8 Å². The van der Waals surface area contributed by atoms with Gasteiger partial charge < -0.3 is 0 Å². The first-order chi connectivity index (χ1) is 13.2. The molecule has 1 aromatic rings. The van der Waals surface area contributed by atoms with Gasteiger partial charge in [0.25, 0.3) is 0 Å². The Hall–Kier alpha value is -1.62. The van der Waals surface area contributed by atoms with E-state index in [1.54, 1.807) is 18.2 Å². The molecule has 0 radical (unpaired) electrons. The molecule has 0 aromatic heterocycles. The standard InChI is InChI=1S/C25H34FN/c26-25-17-15-24(16-18-25)23-13-11-21(12-14-23)5-2-1-4-20-7-9-22(10-8-20)6-3-19-27/h3,6,15-18,20-23H,1-2,4-5,7-14H2/b6-3+. The zero-order chi connectivity index (χ0) is 18.9. The summed E-state index contributed by atoms with van der Waals surface area (Å²) in [6.07, 6.45) is 19.8. The van der Waals surface area contributed by atoms with Crippen LogP contribution in [0, 0.1) is 34.9 Å². The van der Waals surface area contributed by atoms with Crippen LogP contribution in [0.5, 0.6) is 0 Å². The van der Waals surface area contributed by atoms with Gasteiger partial charge >= 0.3 is 0 Å². The molecule has 0 amide bonds. The lowest BCUT2D eigenvalue weighted by atomic mass is 9.76. The third-order valence-electron chi connectivity index (χ3n) is 7.00. The zero-order valence-electron chi connectivity index (χ0n) is 16.6. The zero-order valence-corrected chi connectivity index (χ0v) is 16.6. The maximum atomic E-state index is 13.1. The second-order valence-corrected chi connectivity index (χ2v) is 8.82. The molecule has 2 fully saturated rings. The molecule has 0 unspecified atom stereocenters. The lowest BCUT2D eigenvalue weighted by Crippen LogP contribution is -2.14. The van der Waals surface area contributed by atoms with Gasteiger partial charge in [0.15, 0.2) is 0 Å². The summed E-state index contributed by atoms with van der Waals surface area (Å²) in [4.78, 5) is 0. The minimum absolute atomic E-state index is 0.125. The number of halogens is 1. The van der Waals surface area contributed by atoms with Crippen LogP contribution >= 0.6 is 0 Å². The van der Waals surface area contributed by atoms with E-state index in [2.05, 4.69) is 12.1 Å². The Kier molecular flexibility index (Phi) is 7.93. The van der Waals surface area contributed by atoms with Gasteiger partial charge in [0.2, 0.25) is 0 Å². The van der Waals surface area contributed by atoms with E-state index in [4.69, 9.17) is 5.26 Å². The summed E-state index contributed by atoms with van der Waals surface area (Å²) in [5.41, 5.74) is 1.33. The molecule has 0 bridgehead atoms. The first-order valence-corrected chi connectivity index (χ1v) is 11.1. The topological polar surface area (TPSA) is 23.8 Å². The van der Waals surface area contributed by atoms with Gasteiger partial charge in [0.1, 0.15) is 5.82 Å². The smallest absolute Gasteiger partial charge is 0.123 e. The highest BCUT2D eigenvalue weighted by Crippen LogP contribution is 2.38. The molecule has 3 rings (SSSR count). The summed E-state index contributed by atoms with van der Waals surface area (Å²) in [5, 5.41) is 8.63. The summed E-state index contributed by atoms with van der Waals surface area (Å²) in [5.74, 6) is 3.00. The number of benzene rings is 1. The van der Waals surface area contributed by atoms with Gasteiger partial charge in [-0.1, -0.05) is 43.9 Å². The van der Waals surface area contributed by atoms with Gasteiger partial charge in [-0.2, -0.15) is 5.26 Å². The lowest BCUT2D eigenvalue weighted by Gasteiger charge is -2.29. The number of hydrogen-bond donors (Lipinski definition) is 0. The van der Waals surface area contributed by atoms with Crippen molar-refractivity contribution in [2.45, 2.75) is 83.0 Å². The molecule has 0 atom stereocenters. The molecule has 0 aliphatic heterocycles. The molecule has 2 aliphatic carbocycles. The molecule has 0 N–H and O–H groups in total. The Morgan fingerprint density at radius 2 is 1.41 bits per heavy atom. The van der Waals surface area contributed by atoms with Crippen molar-refractivity contribution >= 4 is 0 Å². The second-order valence-electron chi connectivity index (χ2n) is 8.82. The summed E-state index contributed by atoms with van der Waals surface area (Å²) in [6, 6.07) is 9.28. The van der Waals surface area contributed by atoms with Crippen LogP contribution in [-0.4, -0.2) is 0 Å². The fraction of sp³-hybridized carbons (Fsp3) is 0.640. The average Bonchev–Trinajstić information content (AvgIpc) is 2.72. The predicted octanol–water partition coefficient (Wildman–Crippen LogP) is 7.55. The number of rotatable bonds is 7. The fourth-order valence-electron chi connectivity index (χ4n) is 5.23. The summed E-state index contributed by atoms with van der Waals surface area (Å²) >= 11 is 0. The monoisotopic (exact) mass is 367 g/mol. The van der Waals surface area contributed by atoms with Crippen molar-refractivity contribution in [3.63, 3.8) is 0 Å². The van der Waals surface area contributed by atoms with Crippen LogP contribution in [0.1, 0.15) is 88.5 Å². The lowest BCUT2D eigenvalue weighted by molar-refractivity contribution is 0.273. The van der Waals surface area contributed by atoms with Gasteiger partial charge in [-0.05, 0) is 92.7 Å². The summed E-state index contributed by atoms with van der Waals surface area (Å²) in [7, 11) is 0. The van der Waals surface area contributed by atoms with E-state index in [9.17, 15) is 4.39 Å². The van der Waals surface area contributed by atoms with E-state index >= 15 is 0 Å². The maximum absolute atomic E-state index is 13.1. The Morgan fingerprint density at radius 3 is 1.96 bits per heavy atom.